The first-order valence-electron chi connectivity index (χ1n) is 9.73. The lowest BCUT2D eigenvalue weighted by molar-refractivity contribution is -0.140. The van der Waals surface area contributed by atoms with Crippen LogP contribution in [-0.2, 0) is 11.2 Å². The molecular formula is C21H32N2O. The lowest BCUT2D eigenvalue weighted by Gasteiger charge is -2.40. The van der Waals surface area contributed by atoms with E-state index >= 15 is 0 Å². The molecule has 0 saturated carbocycles. The maximum Gasteiger partial charge on any atom is 0.239 e. The third kappa shape index (κ3) is 4.18. The number of hydrogen-bond acceptors (Lipinski definition) is 2. The summed E-state index contributed by atoms with van der Waals surface area (Å²) < 4.78 is 0. The van der Waals surface area contributed by atoms with E-state index in [1.807, 2.05) is 0 Å². The quantitative estimate of drug-likeness (QED) is 0.841. The van der Waals surface area contributed by atoms with Crippen molar-refractivity contribution in [2.24, 2.45) is 5.92 Å². The van der Waals surface area contributed by atoms with Crippen molar-refractivity contribution in [3.8, 4) is 0 Å². The largest absolute Gasteiger partial charge is 0.339 e. The SMILES string of the molecule is C[C@H](C(=O)N1CCCC[C@@H]1C)N1CCC(Cc2ccccc2)CC1. The Labute approximate surface area is 147 Å². The van der Waals surface area contributed by atoms with E-state index in [2.05, 4.69) is 54.0 Å². The first-order chi connectivity index (χ1) is 11.6. The van der Waals surface area contributed by atoms with E-state index in [9.17, 15) is 4.79 Å². The summed E-state index contributed by atoms with van der Waals surface area (Å²) in [5, 5.41) is 0. The molecule has 3 rings (SSSR count). The lowest BCUT2D eigenvalue weighted by atomic mass is 9.89. The van der Waals surface area contributed by atoms with Gasteiger partial charge in [0.1, 0.15) is 0 Å². The van der Waals surface area contributed by atoms with Crippen LogP contribution < -0.4 is 0 Å². The molecule has 0 aromatic heterocycles. The van der Waals surface area contributed by atoms with Gasteiger partial charge >= 0.3 is 0 Å². The number of piperidine rings is 2. The number of nitrogens with zero attached hydrogens (tertiary/aromatic N) is 2. The van der Waals surface area contributed by atoms with Gasteiger partial charge in [0.25, 0.3) is 0 Å². The molecule has 2 aliphatic heterocycles. The zero-order valence-corrected chi connectivity index (χ0v) is 15.3. The van der Waals surface area contributed by atoms with Crippen molar-refractivity contribution in [2.75, 3.05) is 19.6 Å². The third-order valence-electron chi connectivity index (χ3n) is 6.01. The summed E-state index contributed by atoms with van der Waals surface area (Å²) in [6.45, 7) is 7.39. The van der Waals surface area contributed by atoms with Crippen molar-refractivity contribution < 1.29 is 4.79 Å². The average molecular weight is 329 g/mol. The molecule has 2 saturated heterocycles. The second-order valence-electron chi connectivity index (χ2n) is 7.72. The molecule has 1 amide bonds. The zero-order chi connectivity index (χ0) is 16.9. The van der Waals surface area contributed by atoms with Crippen molar-refractivity contribution >= 4 is 5.91 Å². The molecule has 0 unspecified atom stereocenters. The van der Waals surface area contributed by atoms with Crippen molar-refractivity contribution in [1.82, 2.24) is 9.80 Å². The molecule has 1 aromatic carbocycles. The molecule has 2 fully saturated rings. The van der Waals surface area contributed by atoms with Crippen LogP contribution in [0, 0.1) is 5.92 Å². The number of hydrogen-bond donors (Lipinski definition) is 0. The van der Waals surface area contributed by atoms with Crippen LogP contribution in [0.15, 0.2) is 30.3 Å². The highest BCUT2D eigenvalue weighted by atomic mass is 16.2. The van der Waals surface area contributed by atoms with Crippen LogP contribution in [0.3, 0.4) is 0 Å². The number of carbonyl (C=O) groups is 1. The van der Waals surface area contributed by atoms with Gasteiger partial charge in [0.2, 0.25) is 5.91 Å². The molecule has 0 spiro atoms. The minimum Gasteiger partial charge on any atom is -0.339 e. The van der Waals surface area contributed by atoms with Crippen LogP contribution in [-0.4, -0.2) is 47.4 Å². The lowest BCUT2D eigenvalue weighted by Crippen LogP contribution is -2.53. The van der Waals surface area contributed by atoms with Crippen LogP contribution in [0.4, 0.5) is 0 Å². The van der Waals surface area contributed by atoms with Gasteiger partial charge in [-0.1, -0.05) is 30.3 Å². The number of amides is 1. The van der Waals surface area contributed by atoms with E-state index in [4.69, 9.17) is 0 Å². The van der Waals surface area contributed by atoms with Gasteiger partial charge in [0, 0.05) is 12.6 Å². The summed E-state index contributed by atoms with van der Waals surface area (Å²) in [7, 11) is 0. The third-order valence-corrected chi connectivity index (χ3v) is 6.01. The minimum absolute atomic E-state index is 0.0447. The molecule has 24 heavy (non-hydrogen) atoms. The fraction of sp³-hybridized carbons (Fsp3) is 0.667. The Hall–Kier alpha value is -1.35. The minimum atomic E-state index is 0.0447. The van der Waals surface area contributed by atoms with Crippen molar-refractivity contribution in [1.29, 1.82) is 0 Å². The Balaban J connectivity index is 1.49. The van der Waals surface area contributed by atoms with Gasteiger partial charge in [-0.05, 0) is 76.9 Å². The Kier molecular flexibility index (Phi) is 5.94. The van der Waals surface area contributed by atoms with Crippen molar-refractivity contribution in [3.63, 3.8) is 0 Å². The molecule has 0 bridgehead atoms. The first kappa shape index (κ1) is 17.5. The fourth-order valence-electron chi connectivity index (χ4n) is 4.31. The van der Waals surface area contributed by atoms with Gasteiger partial charge in [0.05, 0.1) is 6.04 Å². The first-order valence-corrected chi connectivity index (χ1v) is 9.73. The van der Waals surface area contributed by atoms with Crippen molar-refractivity contribution in [3.05, 3.63) is 35.9 Å². The van der Waals surface area contributed by atoms with E-state index in [0.29, 0.717) is 11.9 Å². The average Bonchev–Trinajstić information content (AvgIpc) is 2.62. The Morgan fingerprint density at radius 1 is 1.08 bits per heavy atom. The molecule has 3 nitrogen and oxygen atoms in total. The van der Waals surface area contributed by atoms with Crippen LogP contribution >= 0.6 is 0 Å². The number of rotatable bonds is 4. The predicted octanol–water partition coefficient (Wildman–Crippen LogP) is 3.73. The van der Waals surface area contributed by atoms with E-state index in [1.54, 1.807) is 0 Å². The Morgan fingerprint density at radius 2 is 1.79 bits per heavy atom. The molecule has 0 radical (unpaired) electrons. The summed E-state index contributed by atoms with van der Waals surface area (Å²) in [6, 6.07) is 11.3. The molecular weight excluding hydrogens is 296 g/mol. The highest BCUT2D eigenvalue weighted by Crippen LogP contribution is 2.24. The Morgan fingerprint density at radius 3 is 2.46 bits per heavy atom. The molecule has 1 aromatic rings. The van der Waals surface area contributed by atoms with Crippen LogP contribution in [0.5, 0.6) is 0 Å². The maximum absolute atomic E-state index is 12.9. The number of carbonyl (C=O) groups excluding carboxylic acids is 1. The smallest absolute Gasteiger partial charge is 0.239 e. The Bertz CT molecular complexity index is 522. The van der Waals surface area contributed by atoms with Gasteiger partial charge in [-0.15, -0.1) is 0 Å². The molecule has 2 aliphatic rings. The van der Waals surface area contributed by atoms with Gasteiger partial charge < -0.3 is 4.90 Å². The van der Waals surface area contributed by atoms with Gasteiger partial charge in [0.15, 0.2) is 0 Å². The summed E-state index contributed by atoms with van der Waals surface area (Å²) in [6.07, 6.45) is 7.20. The molecule has 0 N–H and O–H groups in total. The van der Waals surface area contributed by atoms with E-state index in [-0.39, 0.29) is 6.04 Å². The zero-order valence-electron chi connectivity index (χ0n) is 15.3. The van der Waals surface area contributed by atoms with Crippen LogP contribution in [0.2, 0.25) is 0 Å². The van der Waals surface area contributed by atoms with Gasteiger partial charge in [-0.25, -0.2) is 0 Å². The number of likely N-dealkylation sites (tertiary alicyclic amines) is 2. The fourth-order valence-corrected chi connectivity index (χ4v) is 4.31. The van der Waals surface area contributed by atoms with E-state index in [0.717, 1.165) is 32.0 Å². The maximum atomic E-state index is 12.9. The monoisotopic (exact) mass is 328 g/mol. The molecule has 3 heteroatoms. The van der Waals surface area contributed by atoms with Gasteiger partial charge in [-0.3, -0.25) is 9.69 Å². The number of benzene rings is 1. The summed E-state index contributed by atoms with van der Waals surface area (Å²) >= 11 is 0. The topological polar surface area (TPSA) is 23.6 Å². The molecule has 2 atom stereocenters. The van der Waals surface area contributed by atoms with E-state index in [1.165, 1.54) is 37.7 Å². The molecule has 2 heterocycles. The van der Waals surface area contributed by atoms with E-state index < -0.39 is 0 Å². The normalized spacial score (nSPS) is 24.8. The highest BCUT2D eigenvalue weighted by Gasteiger charge is 2.32. The second-order valence-corrected chi connectivity index (χ2v) is 7.72. The summed E-state index contributed by atoms with van der Waals surface area (Å²) in [4.78, 5) is 17.4. The van der Waals surface area contributed by atoms with Crippen molar-refractivity contribution in [2.45, 2.75) is 64.5 Å². The second kappa shape index (κ2) is 8.15. The highest BCUT2D eigenvalue weighted by molar-refractivity contribution is 5.81. The summed E-state index contributed by atoms with van der Waals surface area (Å²) in [5.41, 5.74) is 1.45. The molecule has 132 valence electrons. The molecule has 0 aliphatic carbocycles. The van der Waals surface area contributed by atoms with Crippen LogP contribution in [0.1, 0.15) is 51.5 Å². The predicted molar refractivity (Wildman–Crippen MR) is 98.9 cm³/mol. The van der Waals surface area contributed by atoms with Gasteiger partial charge in [-0.2, -0.15) is 0 Å². The summed E-state index contributed by atoms with van der Waals surface area (Å²) in [5.74, 6) is 1.11. The van der Waals surface area contributed by atoms with Crippen LogP contribution in [0.25, 0.3) is 0 Å². The standard InChI is InChI=1S/C21H32N2O/c1-17-8-6-7-13-23(17)21(24)18(2)22-14-11-20(12-15-22)16-19-9-4-3-5-10-19/h3-5,9-10,17-18,20H,6-8,11-16H2,1-2H3/t17-,18+/m0/s1.